The van der Waals surface area contributed by atoms with Crippen molar-refractivity contribution in [2.75, 3.05) is 6.61 Å². The molecule has 0 aliphatic heterocycles. The van der Waals surface area contributed by atoms with Crippen molar-refractivity contribution >= 4 is 5.97 Å². The average molecular weight is 228 g/mol. The molecule has 3 heteroatoms. The number of hydrogen-bond donors (Lipinski definition) is 2. The van der Waals surface area contributed by atoms with Crippen LogP contribution in [0.1, 0.15) is 47.0 Å². The fraction of sp³-hybridized carbons (Fsp3) is 0.615. The van der Waals surface area contributed by atoms with E-state index in [1.165, 1.54) is 11.1 Å². The normalized spacial score (nSPS) is 10.2. The molecule has 2 N–H and O–H groups in total. The molecular weight excluding hydrogens is 204 g/mol. The SMILES string of the molecule is CC(=O)O.CC(C)=CCCC(C)=CCCO. The van der Waals surface area contributed by atoms with Crippen LogP contribution in [0.4, 0.5) is 0 Å². The number of carboxylic acids is 1. The smallest absolute Gasteiger partial charge is 0.300 e. The summed E-state index contributed by atoms with van der Waals surface area (Å²) < 4.78 is 0. The summed E-state index contributed by atoms with van der Waals surface area (Å²) in [6.07, 6.45) is 7.39. The number of allylic oxidation sites excluding steroid dienone is 3. The van der Waals surface area contributed by atoms with Crippen LogP contribution >= 0.6 is 0 Å². The zero-order chi connectivity index (χ0) is 13.0. The first-order valence-corrected chi connectivity index (χ1v) is 5.49. The minimum absolute atomic E-state index is 0.264. The van der Waals surface area contributed by atoms with Gasteiger partial charge in [-0.1, -0.05) is 23.3 Å². The van der Waals surface area contributed by atoms with Crippen LogP contribution in [0.2, 0.25) is 0 Å². The van der Waals surface area contributed by atoms with Crippen molar-refractivity contribution in [1.29, 1.82) is 0 Å². The van der Waals surface area contributed by atoms with E-state index in [9.17, 15) is 0 Å². The van der Waals surface area contributed by atoms with Gasteiger partial charge in [0.2, 0.25) is 0 Å². The first kappa shape index (κ1) is 17.3. The van der Waals surface area contributed by atoms with Crippen LogP contribution < -0.4 is 0 Å². The molecule has 0 atom stereocenters. The number of aliphatic hydroxyl groups is 1. The first-order chi connectivity index (χ1) is 7.40. The topological polar surface area (TPSA) is 57.5 Å². The van der Waals surface area contributed by atoms with Gasteiger partial charge >= 0.3 is 0 Å². The van der Waals surface area contributed by atoms with Crippen molar-refractivity contribution in [1.82, 2.24) is 0 Å². The van der Waals surface area contributed by atoms with E-state index < -0.39 is 5.97 Å². The lowest BCUT2D eigenvalue weighted by Gasteiger charge is -1.97. The second-order valence-electron chi connectivity index (χ2n) is 3.90. The molecule has 0 saturated heterocycles. The van der Waals surface area contributed by atoms with Crippen molar-refractivity contribution in [2.45, 2.75) is 47.0 Å². The molecule has 0 aromatic rings. The highest BCUT2D eigenvalue weighted by molar-refractivity contribution is 5.62. The second kappa shape index (κ2) is 12.0. The number of aliphatic hydroxyl groups excluding tert-OH is 1. The lowest BCUT2D eigenvalue weighted by molar-refractivity contribution is -0.134. The molecule has 0 aromatic carbocycles. The van der Waals surface area contributed by atoms with E-state index in [2.05, 4.69) is 32.9 Å². The Kier molecular flexibility index (Phi) is 13.0. The number of carboxylic acid groups (broad SMARTS) is 1. The number of aliphatic carboxylic acids is 1. The van der Waals surface area contributed by atoms with Crippen molar-refractivity contribution in [3.63, 3.8) is 0 Å². The van der Waals surface area contributed by atoms with E-state index in [0.717, 1.165) is 26.2 Å². The summed E-state index contributed by atoms with van der Waals surface area (Å²) in [5, 5.41) is 16.0. The molecule has 0 unspecified atom stereocenters. The fourth-order valence-corrected chi connectivity index (χ4v) is 1.00. The van der Waals surface area contributed by atoms with Crippen LogP contribution in [0.3, 0.4) is 0 Å². The number of hydrogen-bond acceptors (Lipinski definition) is 2. The van der Waals surface area contributed by atoms with Gasteiger partial charge in [-0.25, -0.2) is 0 Å². The van der Waals surface area contributed by atoms with Crippen molar-refractivity contribution in [3.05, 3.63) is 23.3 Å². The Morgan fingerprint density at radius 3 is 1.94 bits per heavy atom. The highest BCUT2D eigenvalue weighted by atomic mass is 16.4. The molecule has 16 heavy (non-hydrogen) atoms. The summed E-state index contributed by atoms with van der Waals surface area (Å²) >= 11 is 0. The van der Waals surface area contributed by atoms with Gasteiger partial charge < -0.3 is 10.2 Å². The Labute approximate surface area is 98.5 Å². The molecule has 0 radical (unpaired) electrons. The molecule has 0 bridgehead atoms. The molecule has 0 aliphatic carbocycles. The largest absolute Gasteiger partial charge is 0.481 e. The monoisotopic (exact) mass is 228 g/mol. The van der Waals surface area contributed by atoms with Gasteiger partial charge in [-0.2, -0.15) is 0 Å². The third-order valence-corrected chi connectivity index (χ3v) is 1.71. The summed E-state index contributed by atoms with van der Waals surface area (Å²) in [4.78, 5) is 9.00. The van der Waals surface area contributed by atoms with Gasteiger partial charge in [0.1, 0.15) is 0 Å². The maximum absolute atomic E-state index is 9.00. The molecule has 0 saturated carbocycles. The Balaban J connectivity index is 0. The summed E-state index contributed by atoms with van der Waals surface area (Å²) in [6.45, 7) is 7.70. The van der Waals surface area contributed by atoms with E-state index in [4.69, 9.17) is 15.0 Å². The molecule has 0 heterocycles. The van der Waals surface area contributed by atoms with Gasteiger partial charge in [0.25, 0.3) is 5.97 Å². The molecule has 94 valence electrons. The number of carbonyl (C=O) groups is 1. The van der Waals surface area contributed by atoms with Crippen LogP contribution in [0.5, 0.6) is 0 Å². The van der Waals surface area contributed by atoms with Crippen LogP contribution in [0.15, 0.2) is 23.3 Å². The minimum Gasteiger partial charge on any atom is -0.481 e. The summed E-state index contributed by atoms with van der Waals surface area (Å²) in [5.41, 5.74) is 2.76. The third kappa shape index (κ3) is 23.1. The Bertz CT molecular complexity index is 232. The van der Waals surface area contributed by atoms with Crippen molar-refractivity contribution in [3.8, 4) is 0 Å². The Morgan fingerprint density at radius 1 is 1.06 bits per heavy atom. The molecular formula is C13H24O3. The van der Waals surface area contributed by atoms with Gasteiger partial charge in [-0.3, -0.25) is 4.79 Å². The molecule has 0 spiro atoms. The summed E-state index contributed by atoms with van der Waals surface area (Å²) in [7, 11) is 0. The predicted molar refractivity (Wildman–Crippen MR) is 67.4 cm³/mol. The van der Waals surface area contributed by atoms with E-state index in [0.29, 0.717) is 0 Å². The molecule has 0 amide bonds. The van der Waals surface area contributed by atoms with Gasteiger partial charge in [-0.15, -0.1) is 0 Å². The van der Waals surface area contributed by atoms with E-state index in [1.54, 1.807) is 0 Å². The zero-order valence-corrected chi connectivity index (χ0v) is 10.8. The van der Waals surface area contributed by atoms with Gasteiger partial charge in [0, 0.05) is 13.5 Å². The lowest BCUT2D eigenvalue weighted by Crippen LogP contribution is -1.81. The highest BCUT2D eigenvalue weighted by Crippen LogP contribution is 2.06. The Morgan fingerprint density at radius 2 is 1.56 bits per heavy atom. The zero-order valence-electron chi connectivity index (χ0n) is 10.8. The highest BCUT2D eigenvalue weighted by Gasteiger charge is 1.87. The summed E-state index contributed by atoms with van der Waals surface area (Å²) in [5.74, 6) is -0.833. The van der Waals surface area contributed by atoms with Crippen molar-refractivity contribution in [2.24, 2.45) is 0 Å². The predicted octanol–water partition coefficient (Wildman–Crippen LogP) is 3.15. The Hall–Kier alpha value is -1.09. The summed E-state index contributed by atoms with van der Waals surface area (Å²) in [6, 6.07) is 0. The van der Waals surface area contributed by atoms with Crippen molar-refractivity contribution < 1.29 is 15.0 Å². The minimum atomic E-state index is -0.833. The lowest BCUT2D eigenvalue weighted by atomic mass is 10.1. The average Bonchev–Trinajstić information content (AvgIpc) is 2.13. The van der Waals surface area contributed by atoms with Crippen LogP contribution in [-0.2, 0) is 4.79 Å². The maximum atomic E-state index is 9.00. The maximum Gasteiger partial charge on any atom is 0.300 e. The van der Waals surface area contributed by atoms with Crippen LogP contribution in [0, 0.1) is 0 Å². The van der Waals surface area contributed by atoms with Crippen LogP contribution in [0.25, 0.3) is 0 Å². The molecule has 0 rings (SSSR count). The van der Waals surface area contributed by atoms with Gasteiger partial charge in [-0.05, 0) is 40.0 Å². The van der Waals surface area contributed by atoms with E-state index >= 15 is 0 Å². The van der Waals surface area contributed by atoms with E-state index in [1.807, 2.05) is 0 Å². The van der Waals surface area contributed by atoms with E-state index in [-0.39, 0.29) is 6.61 Å². The standard InChI is InChI=1S/C11H20O.C2H4O2/c1-10(2)6-4-7-11(3)8-5-9-12;1-2(3)4/h6,8,12H,4-5,7,9H2,1-3H3;1H3,(H,3,4). The van der Waals surface area contributed by atoms with Crippen LogP contribution in [-0.4, -0.2) is 22.8 Å². The van der Waals surface area contributed by atoms with Gasteiger partial charge in [0.05, 0.1) is 0 Å². The second-order valence-corrected chi connectivity index (χ2v) is 3.90. The molecule has 3 nitrogen and oxygen atoms in total. The molecule has 0 aliphatic rings. The van der Waals surface area contributed by atoms with Gasteiger partial charge in [0.15, 0.2) is 0 Å². The number of rotatable bonds is 5. The fourth-order valence-electron chi connectivity index (χ4n) is 1.00. The first-order valence-electron chi connectivity index (χ1n) is 5.49. The third-order valence-electron chi connectivity index (χ3n) is 1.71. The molecule has 0 aromatic heterocycles. The molecule has 0 fully saturated rings. The quantitative estimate of drug-likeness (QED) is 0.711.